The van der Waals surface area contributed by atoms with E-state index in [1.165, 1.54) is 0 Å². The maximum Gasteiger partial charge on any atom is 0.253 e. The fraction of sp³-hybridized carbons (Fsp3) is 0.579. The van der Waals surface area contributed by atoms with Gasteiger partial charge in [0.25, 0.3) is 5.91 Å². The number of nitrogens with two attached hydrogens (primary N) is 1. The van der Waals surface area contributed by atoms with E-state index in [4.69, 9.17) is 10.5 Å². The molecule has 0 aliphatic carbocycles. The molecule has 25 heavy (non-hydrogen) atoms. The predicted molar refractivity (Wildman–Crippen MR) is 97.6 cm³/mol. The first-order valence-corrected chi connectivity index (χ1v) is 9.07. The summed E-state index contributed by atoms with van der Waals surface area (Å²) in [6, 6.07) is 7.13. The molecule has 0 saturated carbocycles. The van der Waals surface area contributed by atoms with Crippen molar-refractivity contribution in [2.45, 2.75) is 32.1 Å². The highest BCUT2D eigenvalue weighted by Gasteiger charge is 2.24. The molecule has 0 bridgehead atoms. The van der Waals surface area contributed by atoms with Crippen LogP contribution in [0.4, 0.5) is 0 Å². The number of carbonyl (C=O) groups excluding carboxylic acids is 2. The van der Waals surface area contributed by atoms with E-state index < -0.39 is 0 Å². The molecule has 0 atom stereocenters. The van der Waals surface area contributed by atoms with Crippen molar-refractivity contribution >= 4 is 11.8 Å². The molecule has 2 N–H and O–H groups in total. The lowest BCUT2D eigenvalue weighted by molar-refractivity contribution is -0.132. The standard InChI is InChI=1S/C19H29N3O3/c1-25-17-9-7-16(8-10-17)19(24)22-14-12-21(13-15-22)18(23)6-4-2-3-5-11-20/h7-10H,2-6,11-15,20H2,1H3. The van der Waals surface area contributed by atoms with Crippen LogP contribution in [0.2, 0.25) is 0 Å². The topological polar surface area (TPSA) is 75.9 Å². The summed E-state index contributed by atoms with van der Waals surface area (Å²) in [5.41, 5.74) is 6.12. The van der Waals surface area contributed by atoms with Crippen molar-refractivity contribution in [1.29, 1.82) is 0 Å². The van der Waals surface area contributed by atoms with Gasteiger partial charge in [-0.3, -0.25) is 9.59 Å². The number of methoxy groups -OCH3 is 1. The van der Waals surface area contributed by atoms with Gasteiger partial charge in [-0.05, 0) is 43.7 Å². The van der Waals surface area contributed by atoms with Crippen molar-refractivity contribution in [2.75, 3.05) is 39.8 Å². The van der Waals surface area contributed by atoms with Gasteiger partial charge in [-0.15, -0.1) is 0 Å². The van der Waals surface area contributed by atoms with E-state index >= 15 is 0 Å². The summed E-state index contributed by atoms with van der Waals surface area (Å²) in [6.45, 7) is 3.12. The second-order valence-electron chi connectivity index (χ2n) is 6.35. The van der Waals surface area contributed by atoms with Crippen LogP contribution in [0.15, 0.2) is 24.3 Å². The molecule has 1 aromatic rings. The van der Waals surface area contributed by atoms with Gasteiger partial charge >= 0.3 is 0 Å². The Hall–Kier alpha value is -2.08. The molecular formula is C19H29N3O3. The van der Waals surface area contributed by atoms with Crippen LogP contribution in [0.3, 0.4) is 0 Å². The number of benzene rings is 1. The Morgan fingerprint density at radius 3 is 2.16 bits per heavy atom. The fourth-order valence-corrected chi connectivity index (χ4v) is 3.01. The first-order valence-electron chi connectivity index (χ1n) is 9.07. The molecule has 1 aromatic carbocycles. The number of piperazine rings is 1. The number of hydrogen-bond donors (Lipinski definition) is 1. The number of unbranched alkanes of at least 4 members (excludes halogenated alkanes) is 3. The number of carbonyl (C=O) groups is 2. The first kappa shape index (κ1) is 19.2. The van der Waals surface area contributed by atoms with Gasteiger partial charge in [0.15, 0.2) is 0 Å². The lowest BCUT2D eigenvalue weighted by atomic mass is 10.1. The Kier molecular flexibility index (Phi) is 7.73. The van der Waals surface area contributed by atoms with Gasteiger partial charge in [-0.1, -0.05) is 12.8 Å². The van der Waals surface area contributed by atoms with Crippen molar-refractivity contribution in [3.63, 3.8) is 0 Å². The minimum Gasteiger partial charge on any atom is -0.497 e. The molecule has 138 valence electrons. The van der Waals surface area contributed by atoms with Crippen LogP contribution in [0.5, 0.6) is 5.75 Å². The van der Waals surface area contributed by atoms with Gasteiger partial charge in [-0.2, -0.15) is 0 Å². The summed E-state index contributed by atoms with van der Waals surface area (Å²) in [7, 11) is 1.60. The number of hydrogen-bond acceptors (Lipinski definition) is 4. The Morgan fingerprint density at radius 1 is 0.960 bits per heavy atom. The van der Waals surface area contributed by atoms with Crippen molar-refractivity contribution < 1.29 is 14.3 Å². The van der Waals surface area contributed by atoms with Gasteiger partial charge in [-0.25, -0.2) is 0 Å². The molecule has 6 nitrogen and oxygen atoms in total. The molecule has 2 rings (SSSR count). The number of nitrogens with zero attached hydrogens (tertiary/aromatic N) is 2. The third-order valence-electron chi connectivity index (χ3n) is 4.60. The fourth-order valence-electron chi connectivity index (χ4n) is 3.01. The SMILES string of the molecule is COc1ccc(C(=O)N2CCN(C(=O)CCCCCCN)CC2)cc1. The molecule has 1 aliphatic rings. The third kappa shape index (κ3) is 5.74. The van der Waals surface area contributed by atoms with Crippen LogP contribution < -0.4 is 10.5 Å². The highest BCUT2D eigenvalue weighted by atomic mass is 16.5. The van der Waals surface area contributed by atoms with E-state index in [0.29, 0.717) is 38.2 Å². The Balaban J connectivity index is 1.74. The van der Waals surface area contributed by atoms with Crippen molar-refractivity contribution in [3.8, 4) is 5.75 Å². The third-order valence-corrected chi connectivity index (χ3v) is 4.60. The Labute approximate surface area is 149 Å². The largest absolute Gasteiger partial charge is 0.497 e. The molecular weight excluding hydrogens is 318 g/mol. The molecule has 0 spiro atoms. The zero-order valence-corrected chi connectivity index (χ0v) is 15.1. The average molecular weight is 347 g/mol. The van der Waals surface area contributed by atoms with E-state index in [2.05, 4.69) is 0 Å². The maximum absolute atomic E-state index is 12.5. The Morgan fingerprint density at radius 2 is 1.56 bits per heavy atom. The second kappa shape index (κ2) is 10.0. The van der Waals surface area contributed by atoms with Gasteiger partial charge in [0.2, 0.25) is 5.91 Å². The van der Waals surface area contributed by atoms with E-state index in [9.17, 15) is 9.59 Å². The molecule has 1 heterocycles. The summed E-state index contributed by atoms with van der Waals surface area (Å²) in [5, 5.41) is 0. The van der Waals surface area contributed by atoms with Crippen molar-refractivity contribution in [1.82, 2.24) is 9.80 Å². The molecule has 1 saturated heterocycles. The van der Waals surface area contributed by atoms with Gasteiger partial charge in [0, 0.05) is 38.2 Å². The van der Waals surface area contributed by atoms with Crippen molar-refractivity contribution in [3.05, 3.63) is 29.8 Å². The van der Waals surface area contributed by atoms with Gasteiger partial charge in [0.1, 0.15) is 5.75 Å². The summed E-state index contributed by atoms with van der Waals surface area (Å²) >= 11 is 0. The van der Waals surface area contributed by atoms with Crippen LogP contribution >= 0.6 is 0 Å². The second-order valence-corrected chi connectivity index (χ2v) is 6.35. The smallest absolute Gasteiger partial charge is 0.253 e. The molecule has 0 aromatic heterocycles. The van der Waals surface area contributed by atoms with Crippen LogP contribution in [0.1, 0.15) is 42.5 Å². The molecule has 0 radical (unpaired) electrons. The van der Waals surface area contributed by atoms with Crippen LogP contribution in [0, 0.1) is 0 Å². The monoisotopic (exact) mass is 347 g/mol. The molecule has 1 aliphatic heterocycles. The number of amides is 2. The lowest BCUT2D eigenvalue weighted by Gasteiger charge is -2.35. The number of ether oxygens (including phenoxy) is 1. The summed E-state index contributed by atoms with van der Waals surface area (Å²) in [5.74, 6) is 0.944. The molecule has 1 fully saturated rings. The van der Waals surface area contributed by atoms with E-state index in [0.717, 1.165) is 38.0 Å². The van der Waals surface area contributed by atoms with Crippen LogP contribution in [0.25, 0.3) is 0 Å². The molecule has 6 heteroatoms. The van der Waals surface area contributed by atoms with Gasteiger partial charge in [0.05, 0.1) is 7.11 Å². The highest BCUT2D eigenvalue weighted by molar-refractivity contribution is 5.94. The molecule has 2 amide bonds. The summed E-state index contributed by atoms with van der Waals surface area (Å²) in [4.78, 5) is 28.4. The summed E-state index contributed by atoms with van der Waals surface area (Å²) in [6.07, 6.45) is 4.69. The maximum atomic E-state index is 12.5. The number of rotatable bonds is 8. The first-order chi connectivity index (χ1) is 12.2. The quantitative estimate of drug-likeness (QED) is 0.729. The average Bonchev–Trinajstić information content (AvgIpc) is 2.67. The Bertz CT molecular complexity index is 552. The lowest BCUT2D eigenvalue weighted by Crippen LogP contribution is -2.50. The minimum atomic E-state index is 0.0107. The summed E-state index contributed by atoms with van der Waals surface area (Å²) < 4.78 is 5.11. The minimum absolute atomic E-state index is 0.0107. The van der Waals surface area contributed by atoms with Crippen molar-refractivity contribution in [2.24, 2.45) is 5.73 Å². The van der Waals surface area contributed by atoms with E-state index in [1.54, 1.807) is 31.4 Å². The van der Waals surface area contributed by atoms with Gasteiger partial charge < -0.3 is 20.3 Å². The zero-order chi connectivity index (χ0) is 18.1. The van der Waals surface area contributed by atoms with Crippen LogP contribution in [-0.2, 0) is 4.79 Å². The van der Waals surface area contributed by atoms with Crippen LogP contribution in [-0.4, -0.2) is 61.4 Å². The normalized spacial score (nSPS) is 14.5. The van der Waals surface area contributed by atoms with E-state index in [1.807, 2.05) is 9.80 Å². The zero-order valence-electron chi connectivity index (χ0n) is 15.1. The van der Waals surface area contributed by atoms with E-state index in [-0.39, 0.29) is 11.8 Å². The highest BCUT2D eigenvalue weighted by Crippen LogP contribution is 2.15. The predicted octanol–water partition coefficient (Wildman–Crippen LogP) is 1.89. The molecule has 0 unspecified atom stereocenters.